The number of carbonyl (C=O) groups excluding carboxylic acids is 15. The average molecular weight is 1900 g/mol. The van der Waals surface area contributed by atoms with E-state index in [0.717, 1.165) is 43.7 Å². The van der Waals surface area contributed by atoms with E-state index in [2.05, 4.69) is 52.8 Å². The number of likely N-dealkylation sites (N-methyl/N-ethyl adjacent to an activating group) is 3. The Morgan fingerprint density at radius 2 is 1.10 bits per heavy atom. The number of halogens is 4. The van der Waals surface area contributed by atoms with Gasteiger partial charge in [-0.1, -0.05) is 106 Å². The zero-order chi connectivity index (χ0) is 98.8. The van der Waals surface area contributed by atoms with E-state index in [-0.39, 0.29) is 62.9 Å². The van der Waals surface area contributed by atoms with Gasteiger partial charge in [-0.15, -0.1) is 11.8 Å². The fourth-order valence-corrected chi connectivity index (χ4v) is 17.2. The van der Waals surface area contributed by atoms with Gasteiger partial charge in [0.25, 0.3) is 0 Å². The van der Waals surface area contributed by atoms with E-state index >= 15 is 51.9 Å². The average Bonchev–Trinajstić information content (AvgIpc) is 1.57. The molecule has 4 heterocycles. The fraction of sp³-hybridized carbons (Fsp3) is 0.467. The van der Waals surface area contributed by atoms with Crippen LogP contribution in [-0.4, -0.2) is 294 Å². The minimum atomic E-state index is -2.08. The second kappa shape index (κ2) is 49.4. The molecule has 5 aromatic carbocycles. The number of rotatable bonds is 24. The number of H-pyrrole nitrogens is 1. The highest BCUT2D eigenvalue weighted by molar-refractivity contribution is 8.00. The van der Waals surface area contributed by atoms with E-state index < -0.39 is 296 Å². The van der Waals surface area contributed by atoms with Crippen LogP contribution < -0.4 is 59.3 Å². The molecule has 9 rings (SSSR count). The van der Waals surface area contributed by atoms with E-state index in [1.807, 2.05) is 0 Å². The Kier molecular flexibility index (Phi) is 38.5. The third kappa shape index (κ3) is 29.2. The van der Waals surface area contributed by atoms with Gasteiger partial charge in [0, 0.05) is 102 Å². The van der Waals surface area contributed by atoms with Crippen LogP contribution in [0.5, 0.6) is 5.75 Å². The Bertz CT molecular complexity index is 5270. The van der Waals surface area contributed by atoms with Crippen molar-refractivity contribution >= 4 is 123 Å². The minimum absolute atomic E-state index is 0.0791. The maximum atomic E-state index is 15.7. The molecule has 135 heavy (non-hydrogen) atoms. The number of benzene rings is 5. The fourth-order valence-electron chi connectivity index (χ4n) is 16.4. The molecular weight excluding hydrogens is 1790 g/mol. The van der Waals surface area contributed by atoms with Gasteiger partial charge in [-0.05, 0) is 121 Å². The molecule has 1 aromatic heterocycles. The molecule has 3 aliphatic rings. The third-order valence-corrected chi connectivity index (χ3v) is 24.8. The first-order valence-corrected chi connectivity index (χ1v) is 45.3. The topological polar surface area (TPSA) is 563 Å². The first-order valence-electron chi connectivity index (χ1n) is 44.2. The van der Waals surface area contributed by atoms with E-state index in [1.165, 1.54) is 64.3 Å². The maximum Gasteiger partial charge on any atom is 0.305 e. The molecule has 0 bridgehead atoms. The van der Waals surface area contributed by atoms with E-state index in [1.54, 1.807) is 67.7 Å². The molecule has 43 heteroatoms. The van der Waals surface area contributed by atoms with Crippen LogP contribution in [0.15, 0.2) is 121 Å². The van der Waals surface area contributed by atoms with Gasteiger partial charge in [-0.2, -0.15) is 0 Å². The normalized spacial score (nSPS) is 24.0. The number of aliphatic hydroxyl groups is 1. The first kappa shape index (κ1) is 105. The molecule has 0 spiro atoms. The molecule has 3 fully saturated rings. The summed E-state index contributed by atoms with van der Waals surface area (Å²) in [7, 11) is 3.44. The summed E-state index contributed by atoms with van der Waals surface area (Å²) in [5, 5.41) is 65.7. The number of primary amides is 1. The summed E-state index contributed by atoms with van der Waals surface area (Å²) in [5.74, 6) is -27.9. The number of aliphatic carboxylic acids is 2. The summed E-state index contributed by atoms with van der Waals surface area (Å²) in [6.45, 7) is 2.74. The lowest BCUT2D eigenvalue weighted by Gasteiger charge is -2.38. The van der Waals surface area contributed by atoms with Crippen LogP contribution in [0.25, 0.3) is 10.9 Å². The van der Waals surface area contributed by atoms with Gasteiger partial charge in [-0.3, -0.25) is 81.5 Å². The van der Waals surface area contributed by atoms with Crippen LogP contribution in [0, 0.1) is 29.2 Å². The molecule has 728 valence electrons. The molecule has 3 aliphatic heterocycles. The monoisotopic (exact) mass is 1900 g/mol. The second-order valence-corrected chi connectivity index (χ2v) is 35.1. The summed E-state index contributed by atoms with van der Waals surface area (Å²) in [6, 6.07) is 3.35. The standard InChI is InChI=1S/C92H115F4N17O21S/c1-7-8-20-70-91(133)113-46-57(115)42-72(113)87(129)106-66(43-77(120)121)84(126)108-79(49(2)3)92(134)110(5)71(39-50-16-10-9-11-17-50)86(128)103-63(30-31-76(118)119)89(131)112-34-15-14-21-69(112)85(127)105-65(41-54-44-99-61-19-13-12-18-58(54)61)83(125)104-64(37-51-24-28-56(114)29-25-51)82(124)102-62(32-33-97)81(123)107-68(80(122)100-45-74(98)116)47-135-48-75(117)101-67(38-53-35-59(94)78(96)60(95)36-53)88(130)111(6)73(90(132)109(70)4)40-52-22-26-55(93)27-23-52/h9-13,16-19,22-29,35-36,44,49,57,62-73,79,99,114-115H,7-8,14-15,20-21,30-34,37-43,45-48,97H2,1-6H3,(H2,98,116)(H,100,122)(H,101,117)(H,102,124)(H,103,128)(H,104,125)(H,105,127)(H,106,129)(H,107,123)(H,108,126)(H,118,119)(H,120,121)/t57-,62-,63-,64-,65-,66-,67-,68-,69+,70-,71-,72+,73-,79-/m0/s1. The molecule has 14 atom stereocenters. The van der Waals surface area contributed by atoms with E-state index in [9.17, 15) is 67.6 Å². The number of phenolic OH excluding ortho intramolecular Hbond substituents is 1. The van der Waals surface area contributed by atoms with Crippen molar-refractivity contribution in [3.63, 3.8) is 0 Å². The number of hydrogen-bond acceptors (Lipinski definition) is 21. The Labute approximate surface area is 779 Å². The van der Waals surface area contributed by atoms with E-state index in [0.29, 0.717) is 64.3 Å². The molecule has 15 amide bonds. The molecule has 0 saturated carbocycles. The van der Waals surface area contributed by atoms with Crippen molar-refractivity contribution in [3.05, 3.63) is 173 Å². The Morgan fingerprint density at radius 1 is 0.541 bits per heavy atom. The smallest absolute Gasteiger partial charge is 0.305 e. The molecule has 3 saturated heterocycles. The zero-order valence-electron chi connectivity index (χ0n) is 75.3. The van der Waals surface area contributed by atoms with Gasteiger partial charge in [-0.25, -0.2) is 17.6 Å². The van der Waals surface area contributed by atoms with Gasteiger partial charge in [0.05, 0.1) is 24.8 Å². The van der Waals surface area contributed by atoms with Crippen molar-refractivity contribution in [1.29, 1.82) is 0 Å². The second-order valence-electron chi connectivity index (χ2n) is 34.0. The van der Waals surface area contributed by atoms with Gasteiger partial charge in [0.1, 0.15) is 90.1 Å². The number of aliphatic hydroxyl groups excluding tert-OH is 1. The largest absolute Gasteiger partial charge is 0.508 e. The molecule has 0 radical (unpaired) electrons. The third-order valence-electron chi connectivity index (χ3n) is 23.8. The number of unbranched alkanes of at least 4 members (excludes halogenated alkanes) is 1. The number of nitrogens with one attached hydrogen (secondary N) is 10. The van der Waals surface area contributed by atoms with Crippen molar-refractivity contribution < 1.29 is 119 Å². The molecule has 18 N–H and O–H groups in total. The lowest BCUT2D eigenvalue weighted by atomic mass is 9.97. The number of phenols is 1. The number of hydrogen-bond donors (Lipinski definition) is 16. The number of carbonyl (C=O) groups is 17. The predicted octanol–water partition coefficient (Wildman–Crippen LogP) is 0.528. The van der Waals surface area contributed by atoms with Gasteiger partial charge >= 0.3 is 11.9 Å². The van der Waals surface area contributed by atoms with Crippen LogP contribution in [0.3, 0.4) is 0 Å². The van der Waals surface area contributed by atoms with Gasteiger partial charge in [0.2, 0.25) is 88.6 Å². The maximum absolute atomic E-state index is 15.7. The number of para-hydroxylation sites is 1. The molecule has 0 aliphatic carbocycles. The number of aromatic amines is 1. The lowest BCUT2D eigenvalue weighted by Crippen LogP contribution is -2.63. The number of carboxylic acid groups (broad SMARTS) is 2. The molecule has 6 aromatic rings. The Balaban J connectivity index is 1.14. The summed E-state index contributed by atoms with van der Waals surface area (Å²) < 4.78 is 59.7. The quantitative estimate of drug-likeness (QED) is 0.0290. The number of thioether (sulfide) groups is 1. The number of aromatic hydroxyl groups is 1. The molecular formula is C92H115F4N17O21S. The number of aromatic nitrogens is 1. The highest BCUT2D eigenvalue weighted by Gasteiger charge is 2.48. The summed E-state index contributed by atoms with van der Waals surface area (Å²) in [6.07, 6.45) is -5.03. The number of carboxylic acids is 2. The van der Waals surface area contributed by atoms with Crippen molar-refractivity contribution in [1.82, 2.24) is 77.3 Å². The zero-order valence-corrected chi connectivity index (χ0v) is 76.1. The number of nitrogens with zero attached hydrogens (tertiary/aromatic N) is 5. The van der Waals surface area contributed by atoms with Gasteiger partial charge < -0.3 is 109 Å². The number of nitrogens with two attached hydrogens (primary N) is 2. The van der Waals surface area contributed by atoms with E-state index in [4.69, 9.17) is 11.5 Å². The molecule has 38 nitrogen and oxygen atoms in total. The van der Waals surface area contributed by atoms with Crippen molar-refractivity contribution in [3.8, 4) is 5.75 Å². The predicted molar refractivity (Wildman–Crippen MR) is 481 cm³/mol. The summed E-state index contributed by atoms with van der Waals surface area (Å²) in [5.41, 5.74) is 13.0. The van der Waals surface area contributed by atoms with Crippen LogP contribution in [0.4, 0.5) is 17.6 Å². The number of amides is 15. The van der Waals surface area contributed by atoms with Crippen LogP contribution in [0.1, 0.15) is 119 Å². The first-order chi connectivity index (χ1) is 64.1. The van der Waals surface area contributed by atoms with Crippen LogP contribution in [-0.2, 0) is 114 Å². The van der Waals surface area contributed by atoms with Crippen molar-refractivity contribution in [2.75, 3.05) is 58.8 Å². The van der Waals surface area contributed by atoms with Gasteiger partial charge in [0.15, 0.2) is 17.5 Å². The van der Waals surface area contributed by atoms with Crippen LogP contribution >= 0.6 is 11.8 Å². The summed E-state index contributed by atoms with van der Waals surface area (Å²) >= 11 is 0.598. The Morgan fingerprint density at radius 3 is 1.75 bits per heavy atom. The SMILES string of the molecule is CCCC[C@H]1C(=O)N2C[C@@H](O)C[C@@H]2C(=O)N[C@@H](CC(=O)O)C(=O)N[C@@H](C(C)C)C(=O)N(C)[C@@H](Cc2ccccc2)C(=O)N[C@@H](CCC(=O)O)C(=O)N2CCCC[C@@H]2C(=O)N[C@@H](Cc2c[nH]c3ccccc23)C(=O)N[C@@H](Cc2ccc(O)cc2)C(=O)N[C@@H](CCN)C(=O)N[C@H](C(=O)NCC(N)=O)CSCC(=O)N[C@@H](Cc2cc(F)c(F)c(F)c2)C(=O)N(C)[C@@H](Cc2ccc(F)cc2)C(=O)N1C. The molecule has 0 unspecified atom stereocenters. The lowest BCUT2D eigenvalue weighted by molar-refractivity contribution is -0.152. The number of fused-ring (bicyclic) bond motifs is 3. The highest BCUT2D eigenvalue weighted by atomic mass is 32.2. The highest BCUT2D eigenvalue weighted by Crippen LogP contribution is 2.29. The summed E-state index contributed by atoms with van der Waals surface area (Å²) in [4.78, 5) is 258. The number of piperidine rings is 1. The van der Waals surface area contributed by atoms with Crippen LogP contribution in [0.2, 0.25) is 0 Å². The Hall–Kier alpha value is -13.6. The van der Waals surface area contributed by atoms with Crippen molar-refractivity contribution in [2.45, 2.75) is 208 Å². The minimum Gasteiger partial charge on any atom is -0.508 e. The van der Waals surface area contributed by atoms with Crippen molar-refractivity contribution in [2.24, 2.45) is 17.4 Å².